The predicted molar refractivity (Wildman–Crippen MR) is 76.5 cm³/mol. The van der Waals surface area contributed by atoms with Crippen molar-refractivity contribution in [1.29, 1.82) is 0 Å². The molecule has 0 aliphatic carbocycles. The summed E-state index contributed by atoms with van der Waals surface area (Å²) in [5, 5.41) is 3.34. The van der Waals surface area contributed by atoms with Crippen LogP contribution in [0.2, 0.25) is 4.34 Å². The fourth-order valence-electron chi connectivity index (χ4n) is 2.38. The van der Waals surface area contributed by atoms with E-state index >= 15 is 0 Å². The van der Waals surface area contributed by atoms with Gasteiger partial charge in [0.1, 0.15) is 0 Å². The second-order valence-electron chi connectivity index (χ2n) is 4.58. The lowest BCUT2D eigenvalue weighted by atomic mass is 10.0. The highest BCUT2D eigenvalue weighted by atomic mass is 35.5. The number of thiophene rings is 1. The summed E-state index contributed by atoms with van der Waals surface area (Å²) in [5.74, 6) is 0.139. The average molecular weight is 287 g/mol. The van der Waals surface area contributed by atoms with E-state index in [-0.39, 0.29) is 5.91 Å². The van der Waals surface area contributed by atoms with Crippen molar-refractivity contribution >= 4 is 28.8 Å². The summed E-state index contributed by atoms with van der Waals surface area (Å²) in [6.07, 6.45) is 3.09. The van der Waals surface area contributed by atoms with Gasteiger partial charge >= 0.3 is 0 Å². The Morgan fingerprint density at radius 2 is 2.22 bits per heavy atom. The third-order valence-electron chi connectivity index (χ3n) is 3.26. The van der Waals surface area contributed by atoms with Gasteiger partial charge < -0.3 is 10.2 Å². The van der Waals surface area contributed by atoms with Crippen LogP contribution in [0, 0.1) is 0 Å². The third-order valence-corrected chi connectivity index (χ3v) is 4.48. The van der Waals surface area contributed by atoms with Crippen molar-refractivity contribution in [3.05, 3.63) is 21.3 Å². The molecule has 1 fully saturated rings. The van der Waals surface area contributed by atoms with Crippen molar-refractivity contribution in [2.75, 3.05) is 19.6 Å². The summed E-state index contributed by atoms with van der Waals surface area (Å²) < 4.78 is 0.681. The van der Waals surface area contributed by atoms with Gasteiger partial charge in [-0.1, -0.05) is 18.5 Å². The fraction of sp³-hybridized carbons (Fsp3) is 0.615. The summed E-state index contributed by atoms with van der Waals surface area (Å²) in [6.45, 7) is 4.95. The SMILES string of the molecule is CCCN(C(=O)c1ccc(Cl)s1)C1CCNCC1. The van der Waals surface area contributed by atoms with Gasteiger partial charge in [-0.3, -0.25) is 4.79 Å². The molecule has 1 aromatic rings. The van der Waals surface area contributed by atoms with Gasteiger partial charge in [0.2, 0.25) is 0 Å². The molecular weight excluding hydrogens is 268 g/mol. The minimum Gasteiger partial charge on any atom is -0.335 e. The Labute approximate surface area is 117 Å². The second-order valence-corrected chi connectivity index (χ2v) is 6.30. The number of piperidine rings is 1. The Morgan fingerprint density at radius 3 is 2.78 bits per heavy atom. The van der Waals surface area contributed by atoms with E-state index in [9.17, 15) is 4.79 Å². The number of rotatable bonds is 4. The lowest BCUT2D eigenvalue weighted by Gasteiger charge is -2.34. The smallest absolute Gasteiger partial charge is 0.264 e. The van der Waals surface area contributed by atoms with Gasteiger partial charge in [0, 0.05) is 12.6 Å². The molecule has 0 atom stereocenters. The lowest BCUT2D eigenvalue weighted by Crippen LogP contribution is -2.46. The molecule has 1 aliphatic heterocycles. The molecule has 1 aromatic heterocycles. The molecule has 100 valence electrons. The maximum atomic E-state index is 12.5. The maximum absolute atomic E-state index is 12.5. The van der Waals surface area contributed by atoms with Gasteiger partial charge in [-0.15, -0.1) is 11.3 Å². The normalized spacial score (nSPS) is 16.8. The monoisotopic (exact) mass is 286 g/mol. The van der Waals surface area contributed by atoms with Gasteiger partial charge in [0.25, 0.3) is 5.91 Å². The van der Waals surface area contributed by atoms with E-state index in [2.05, 4.69) is 12.2 Å². The summed E-state index contributed by atoms with van der Waals surface area (Å²) in [4.78, 5) is 15.3. The van der Waals surface area contributed by atoms with E-state index in [0.717, 1.165) is 43.8 Å². The van der Waals surface area contributed by atoms with Crippen LogP contribution in [0.25, 0.3) is 0 Å². The summed E-state index contributed by atoms with van der Waals surface area (Å²) in [7, 11) is 0. The highest BCUT2D eigenvalue weighted by molar-refractivity contribution is 7.17. The number of hydrogen-bond donors (Lipinski definition) is 1. The summed E-state index contributed by atoms with van der Waals surface area (Å²) >= 11 is 7.28. The van der Waals surface area contributed by atoms with Crippen molar-refractivity contribution in [1.82, 2.24) is 10.2 Å². The van der Waals surface area contributed by atoms with Crippen LogP contribution < -0.4 is 5.32 Å². The van der Waals surface area contributed by atoms with Gasteiger partial charge in [0.05, 0.1) is 9.21 Å². The largest absolute Gasteiger partial charge is 0.335 e. The minimum atomic E-state index is 0.139. The van der Waals surface area contributed by atoms with Crippen LogP contribution in [0.15, 0.2) is 12.1 Å². The molecule has 0 aromatic carbocycles. The molecule has 1 amide bonds. The van der Waals surface area contributed by atoms with Gasteiger partial charge in [-0.2, -0.15) is 0 Å². The Morgan fingerprint density at radius 1 is 1.50 bits per heavy atom. The Bertz CT molecular complexity index is 401. The molecule has 1 saturated heterocycles. The number of hydrogen-bond acceptors (Lipinski definition) is 3. The molecule has 0 unspecified atom stereocenters. The van der Waals surface area contributed by atoms with Crippen LogP contribution in [0.4, 0.5) is 0 Å². The first-order chi connectivity index (χ1) is 8.72. The highest BCUT2D eigenvalue weighted by Crippen LogP contribution is 2.24. The summed E-state index contributed by atoms with van der Waals surface area (Å²) in [5.41, 5.74) is 0. The Hall–Kier alpha value is -0.580. The second kappa shape index (κ2) is 6.55. The van der Waals surface area contributed by atoms with Gasteiger partial charge in [-0.25, -0.2) is 0 Å². The standard InChI is InChI=1S/C13H19ClN2OS/c1-2-9-16(10-5-7-15-8-6-10)13(17)11-3-4-12(14)18-11/h3-4,10,15H,2,5-9H2,1H3. The van der Waals surface area contributed by atoms with E-state index in [1.54, 1.807) is 6.07 Å². The van der Waals surface area contributed by atoms with Crippen molar-refractivity contribution in [2.24, 2.45) is 0 Å². The first-order valence-electron chi connectivity index (χ1n) is 6.49. The predicted octanol–water partition coefficient (Wildman–Crippen LogP) is 3.01. The van der Waals surface area contributed by atoms with Crippen LogP contribution in [0.5, 0.6) is 0 Å². The molecular formula is C13H19ClN2OS. The molecule has 0 radical (unpaired) electrons. The van der Waals surface area contributed by atoms with Crippen molar-refractivity contribution < 1.29 is 4.79 Å². The van der Waals surface area contributed by atoms with Crippen LogP contribution in [-0.4, -0.2) is 36.5 Å². The van der Waals surface area contributed by atoms with Crippen LogP contribution in [-0.2, 0) is 0 Å². The van der Waals surface area contributed by atoms with Crippen LogP contribution in [0.1, 0.15) is 35.9 Å². The Kier molecular flexibility index (Phi) is 5.03. The molecule has 0 spiro atoms. The van der Waals surface area contributed by atoms with E-state index in [0.29, 0.717) is 10.4 Å². The first kappa shape index (κ1) is 13.8. The van der Waals surface area contributed by atoms with Crippen molar-refractivity contribution in [3.63, 3.8) is 0 Å². The zero-order valence-electron chi connectivity index (χ0n) is 10.6. The fourth-order valence-corrected chi connectivity index (χ4v) is 3.38. The molecule has 1 aliphatic rings. The van der Waals surface area contributed by atoms with E-state index in [4.69, 9.17) is 11.6 Å². The first-order valence-corrected chi connectivity index (χ1v) is 7.69. The van der Waals surface area contributed by atoms with E-state index in [1.807, 2.05) is 11.0 Å². The number of nitrogens with zero attached hydrogens (tertiary/aromatic N) is 1. The van der Waals surface area contributed by atoms with Gasteiger partial charge in [0.15, 0.2) is 0 Å². The van der Waals surface area contributed by atoms with Crippen molar-refractivity contribution in [3.8, 4) is 0 Å². The number of amides is 1. The van der Waals surface area contributed by atoms with E-state index < -0.39 is 0 Å². The number of halogens is 1. The van der Waals surface area contributed by atoms with E-state index in [1.165, 1.54) is 11.3 Å². The van der Waals surface area contributed by atoms with Gasteiger partial charge in [-0.05, 0) is 44.5 Å². The highest BCUT2D eigenvalue weighted by Gasteiger charge is 2.26. The molecule has 5 heteroatoms. The molecule has 0 bridgehead atoms. The minimum absolute atomic E-state index is 0.139. The topological polar surface area (TPSA) is 32.3 Å². The van der Waals surface area contributed by atoms with Crippen LogP contribution >= 0.6 is 22.9 Å². The number of nitrogens with one attached hydrogen (secondary N) is 1. The zero-order valence-corrected chi connectivity index (χ0v) is 12.2. The number of carbonyl (C=O) groups is 1. The summed E-state index contributed by atoms with van der Waals surface area (Å²) in [6, 6.07) is 4.00. The molecule has 0 saturated carbocycles. The molecule has 2 rings (SSSR count). The average Bonchev–Trinajstić information content (AvgIpc) is 2.83. The molecule has 1 N–H and O–H groups in total. The van der Waals surface area contributed by atoms with Crippen molar-refractivity contribution in [2.45, 2.75) is 32.2 Å². The number of carbonyl (C=O) groups excluding carboxylic acids is 1. The molecule has 3 nitrogen and oxygen atoms in total. The Balaban J connectivity index is 2.10. The maximum Gasteiger partial charge on any atom is 0.264 e. The lowest BCUT2D eigenvalue weighted by molar-refractivity contribution is 0.0647. The molecule has 18 heavy (non-hydrogen) atoms. The quantitative estimate of drug-likeness (QED) is 0.923. The third kappa shape index (κ3) is 3.25. The zero-order chi connectivity index (χ0) is 13.0. The van der Waals surface area contributed by atoms with Crippen LogP contribution in [0.3, 0.4) is 0 Å². The molecule has 2 heterocycles.